The first-order valence-electron chi connectivity index (χ1n) is 6.80. The first kappa shape index (κ1) is 15.5. The number of anilines is 1. The lowest BCUT2D eigenvalue weighted by molar-refractivity contribution is 0.0982. The van der Waals surface area contributed by atoms with Gasteiger partial charge in [0.25, 0.3) is 10.0 Å². The van der Waals surface area contributed by atoms with Crippen molar-refractivity contribution in [3.05, 3.63) is 58.6 Å². The summed E-state index contributed by atoms with van der Waals surface area (Å²) in [6.07, 6.45) is 0.120. The maximum Gasteiger partial charge on any atom is 0.264 e. The number of halogens is 1. The second-order valence-electron chi connectivity index (χ2n) is 5.02. The van der Waals surface area contributed by atoms with Crippen LogP contribution in [0.1, 0.15) is 22.3 Å². The van der Waals surface area contributed by atoms with E-state index in [0.717, 1.165) is 0 Å². The number of para-hydroxylation sites is 1. The number of hydrogen-bond acceptors (Lipinski definition) is 4. The average Bonchev–Trinajstić information content (AvgIpc) is 2.55. The van der Waals surface area contributed by atoms with Crippen molar-refractivity contribution in [1.29, 1.82) is 5.26 Å². The number of benzene rings is 2. The lowest BCUT2D eigenvalue weighted by Crippen LogP contribution is -2.37. The number of sulfonamides is 1. The van der Waals surface area contributed by atoms with Gasteiger partial charge in [0.2, 0.25) is 0 Å². The third-order valence-corrected chi connectivity index (χ3v) is 5.80. The lowest BCUT2D eigenvalue weighted by atomic mass is 10.0. The highest BCUT2D eigenvalue weighted by molar-refractivity contribution is 7.92. The zero-order valence-electron chi connectivity index (χ0n) is 11.9. The van der Waals surface area contributed by atoms with Crippen molar-refractivity contribution >= 4 is 33.1 Å². The predicted molar refractivity (Wildman–Crippen MR) is 86.1 cm³/mol. The smallest absolute Gasteiger partial charge is 0.264 e. The molecule has 0 saturated carbocycles. The van der Waals surface area contributed by atoms with Crippen LogP contribution in [0.25, 0.3) is 0 Å². The molecule has 0 spiro atoms. The van der Waals surface area contributed by atoms with E-state index in [0.29, 0.717) is 11.3 Å². The van der Waals surface area contributed by atoms with Gasteiger partial charge in [-0.2, -0.15) is 5.26 Å². The fourth-order valence-corrected chi connectivity index (χ4v) is 4.18. The van der Waals surface area contributed by atoms with Gasteiger partial charge < -0.3 is 0 Å². The van der Waals surface area contributed by atoms with Gasteiger partial charge in [0, 0.05) is 18.5 Å². The summed E-state index contributed by atoms with van der Waals surface area (Å²) in [6.45, 7) is 0.0721. The van der Waals surface area contributed by atoms with Crippen molar-refractivity contribution in [1.82, 2.24) is 0 Å². The second kappa shape index (κ2) is 5.69. The monoisotopic (exact) mass is 346 g/mol. The summed E-state index contributed by atoms with van der Waals surface area (Å²) in [6, 6.07) is 12.5. The molecule has 0 aromatic heterocycles. The van der Waals surface area contributed by atoms with Crippen molar-refractivity contribution in [3.8, 4) is 6.07 Å². The number of carbonyl (C=O) groups is 1. The van der Waals surface area contributed by atoms with E-state index < -0.39 is 10.0 Å². The Hall–Kier alpha value is -2.36. The summed E-state index contributed by atoms with van der Waals surface area (Å²) in [5, 5.41) is 9.22. The van der Waals surface area contributed by atoms with Crippen LogP contribution < -0.4 is 4.31 Å². The standard InChI is InChI=1S/C16H11ClN2O3S/c17-14-6-5-12(9-11(14)10-18)23(21,22)19-8-7-16(20)13-3-1-2-4-15(13)19/h1-6,9H,7-8H2. The molecule has 0 N–H and O–H groups in total. The van der Waals surface area contributed by atoms with Gasteiger partial charge in [-0.25, -0.2) is 8.42 Å². The molecule has 0 bridgehead atoms. The number of ketones is 1. The van der Waals surface area contributed by atoms with Crippen LogP contribution in [-0.4, -0.2) is 20.7 Å². The molecule has 0 unspecified atom stereocenters. The maximum absolute atomic E-state index is 12.9. The fraction of sp³-hybridized carbons (Fsp3) is 0.125. The number of fused-ring (bicyclic) bond motifs is 1. The van der Waals surface area contributed by atoms with Gasteiger partial charge in [-0.15, -0.1) is 0 Å². The van der Waals surface area contributed by atoms with Crippen LogP contribution in [0.5, 0.6) is 0 Å². The van der Waals surface area contributed by atoms with Crippen LogP contribution in [0.3, 0.4) is 0 Å². The maximum atomic E-state index is 12.9. The highest BCUT2D eigenvalue weighted by atomic mass is 35.5. The molecule has 0 saturated heterocycles. The summed E-state index contributed by atoms with van der Waals surface area (Å²) >= 11 is 5.86. The number of nitrogens with zero attached hydrogens (tertiary/aromatic N) is 2. The van der Waals surface area contributed by atoms with E-state index in [1.807, 2.05) is 6.07 Å². The molecule has 2 aromatic rings. The summed E-state index contributed by atoms with van der Waals surface area (Å²) < 4.78 is 27.0. The zero-order chi connectivity index (χ0) is 16.6. The van der Waals surface area contributed by atoms with Crippen molar-refractivity contribution in [3.63, 3.8) is 0 Å². The average molecular weight is 347 g/mol. The number of nitriles is 1. The molecular weight excluding hydrogens is 336 g/mol. The third kappa shape index (κ3) is 2.58. The van der Waals surface area contributed by atoms with Gasteiger partial charge in [-0.05, 0) is 30.3 Å². The first-order chi connectivity index (χ1) is 10.9. The second-order valence-corrected chi connectivity index (χ2v) is 7.29. The van der Waals surface area contributed by atoms with Gasteiger partial charge in [0.15, 0.2) is 5.78 Å². The number of Topliss-reactive ketones (excluding diaryl/α,β-unsaturated/α-hetero) is 1. The molecule has 0 atom stereocenters. The molecule has 0 radical (unpaired) electrons. The Labute approximate surface area is 138 Å². The SMILES string of the molecule is N#Cc1cc(S(=O)(=O)N2CCC(=O)c3ccccc32)ccc1Cl. The molecule has 2 aromatic carbocycles. The van der Waals surface area contributed by atoms with E-state index in [1.54, 1.807) is 24.3 Å². The van der Waals surface area contributed by atoms with Gasteiger partial charge in [0.05, 0.1) is 21.2 Å². The number of hydrogen-bond donors (Lipinski definition) is 0. The van der Waals surface area contributed by atoms with E-state index >= 15 is 0 Å². The molecule has 23 heavy (non-hydrogen) atoms. The van der Waals surface area contributed by atoms with Crippen molar-refractivity contribution in [2.45, 2.75) is 11.3 Å². The van der Waals surface area contributed by atoms with Gasteiger partial charge >= 0.3 is 0 Å². The highest BCUT2D eigenvalue weighted by Gasteiger charge is 2.32. The van der Waals surface area contributed by atoms with E-state index in [4.69, 9.17) is 16.9 Å². The van der Waals surface area contributed by atoms with Gasteiger partial charge in [-0.1, -0.05) is 23.7 Å². The summed E-state index contributed by atoms with van der Waals surface area (Å²) in [5.74, 6) is -0.0825. The number of carbonyl (C=O) groups excluding carboxylic acids is 1. The molecule has 0 amide bonds. The minimum Gasteiger partial charge on any atom is -0.294 e. The summed E-state index contributed by atoms with van der Waals surface area (Å²) in [7, 11) is -3.88. The Morgan fingerprint density at radius 3 is 2.65 bits per heavy atom. The van der Waals surface area contributed by atoms with Crippen molar-refractivity contribution < 1.29 is 13.2 Å². The first-order valence-corrected chi connectivity index (χ1v) is 8.61. The normalized spacial score (nSPS) is 14.3. The minimum atomic E-state index is -3.88. The molecule has 3 rings (SSSR count). The summed E-state index contributed by atoms with van der Waals surface area (Å²) in [5.41, 5.74) is 0.836. The Balaban J connectivity index is 2.13. The molecule has 116 valence electrons. The Bertz CT molecular complexity index is 948. The van der Waals surface area contributed by atoms with Gasteiger partial charge in [-0.3, -0.25) is 9.10 Å². The topological polar surface area (TPSA) is 78.2 Å². The minimum absolute atomic E-state index is 0.0254. The van der Waals surface area contributed by atoms with E-state index in [1.165, 1.54) is 22.5 Å². The van der Waals surface area contributed by atoms with Crippen molar-refractivity contribution in [2.24, 2.45) is 0 Å². The third-order valence-electron chi connectivity index (χ3n) is 3.66. The Morgan fingerprint density at radius 1 is 1.17 bits per heavy atom. The quantitative estimate of drug-likeness (QED) is 0.837. The van der Waals surface area contributed by atoms with E-state index in [2.05, 4.69) is 0 Å². The Morgan fingerprint density at radius 2 is 1.91 bits per heavy atom. The van der Waals surface area contributed by atoms with Crippen LogP contribution >= 0.6 is 11.6 Å². The van der Waals surface area contributed by atoms with E-state index in [-0.39, 0.29) is 34.2 Å². The summed E-state index contributed by atoms with van der Waals surface area (Å²) in [4.78, 5) is 11.9. The molecule has 7 heteroatoms. The van der Waals surface area contributed by atoms with Crippen LogP contribution in [0.2, 0.25) is 5.02 Å². The molecule has 5 nitrogen and oxygen atoms in total. The largest absolute Gasteiger partial charge is 0.294 e. The highest BCUT2D eigenvalue weighted by Crippen LogP contribution is 2.32. The molecule has 1 heterocycles. The van der Waals surface area contributed by atoms with Crippen LogP contribution in [0.4, 0.5) is 5.69 Å². The molecule has 0 fully saturated rings. The van der Waals surface area contributed by atoms with Crippen LogP contribution in [0, 0.1) is 11.3 Å². The molecule has 0 aliphatic carbocycles. The van der Waals surface area contributed by atoms with Gasteiger partial charge in [0.1, 0.15) is 6.07 Å². The molecular formula is C16H11ClN2O3S. The molecule has 1 aliphatic rings. The van der Waals surface area contributed by atoms with Crippen molar-refractivity contribution in [2.75, 3.05) is 10.8 Å². The Kier molecular flexibility index (Phi) is 3.84. The van der Waals surface area contributed by atoms with Crippen LogP contribution in [0.15, 0.2) is 47.4 Å². The zero-order valence-corrected chi connectivity index (χ0v) is 13.4. The fourth-order valence-electron chi connectivity index (χ4n) is 2.51. The lowest BCUT2D eigenvalue weighted by Gasteiger charge is -2.29. The predicted octanol–water partition coefficient (Wildman–Crippen LogP) is 2.99. The van der Waals surface area contributed by atoms with Crippen LogP contribution in [-0.2, 0) is 10.0 Å². The molecule has 1 aliphatic heterocycles. The van der Waals surface area contributed by atoms with E-state index in [9.17, 15) is 13.2 Å². The number of rotatable bonds is 2.